The predicted octanol–water partition coefficient (Wildman–Crippen LogP) is 1.84. The summed E-state index contributed by atoms with van der Waals surface area (Å²) in [6.07, 6.45) is 0.322. The van der Waals surface area contributed by atoms with Crippen molar-refractivity contribution in [1.29, 1.82) is 0 Å². The first-order valence-corrected chi connectivity index (χ1v) is 6.96. The molecule has 0 bridgehead atoms. The normalized spacial score (nSPS) is 12.6. The van der Waals surface area contributed by atoms with Crippen molar-refractivity contribution in [3.8, 4) is 0 Å². The summed E-state index contributed by atoms with van der Waals surface area (Å²) in [5.74, 6) is -0.0284. The van der Waals surface area contributed by atoms with Gasteiger partial charge in [0.1, 0.15) is 0 Å². The van der Waals surface area contributed by atoms with Crippen molar-refractivity contribution in [3.63, 3.8) is 0 Å². The lowest BCUT2D eigenvalue weighted by atomic mass is 9.98. The minimum Gasteiger partial charge on any atom is -0.354 e. The maximum atomic E-state index is 11.7. The molecule has 0 aliphatic carbocycles. The molecule has 4 nitrogen and oxygen atoms in total. The molecular formula is C13H23N3OS. The van der Waals surface area contributed by atoms with Crippen molar-refractivity contribution in [3.05, 3.63) is 16.1 Å². The summed E-state index contributed by atoms with van der Waals surface area (Å²) in [5, 5.41) is 5.83. The number of nitrogens with one attached hydrogen (secondary N) is 1. The van der Waals surface area contributed by atoms with Crippen LogP contribution in [0.1, 0.15) is 45.3 Å². The predicted molar refractivity (Wildman–Crippen MR) is 75.8 cm³/mol. The first kappa shape index (κ1) is 15.1. The first-order chi connectivity index (χ1) is 8.08. The third-order valence-electron chi connectivity index (χ3n) is 2.28. The molecule has 1 heterocycles. The molecule has 0 saturated heterocycles. The number of aromatic nitrogens is 1. The molecule has 5 heteroatoms. The number of carbonyl (C=O) groups excluding carboxylic acids is 1. The number of nitrogens with two attached hydrogens (primary N) is 1. The SMILES string of the molecule is CC(C)(N)CNC(=O)Cc1csc(C(C)(C)C)n1. The van der Waals surface area contributed by atoms with E-state index >= 15 is 0 Å². The zero-order valence-electron chi connectivity index (χ0n) is 11.8. The number of hydrogen-bond acceptors (Lipinski definition) is 4. The maximum Gasteiger partial charge on any atom is 0.226 e. The molecule has 1 aromatic rings. The van der Waals surface area contributed by atoms with Gasteiger partial charge in [-0.25, -0.2) is 4.98 Å². The van der Waals surface area contributed by atoms with Crippen molar-refractivity contribution in [2.45, 2.75) is 52.0 Å². The Morgan fingerprint density at radius 3 is 2.44 bits per heavy atom. The molecule has 3 N–H and O–H groups in total. The van der Waals surface area contributed by atoms with E-state index in [0.29, 0.717) is 13.0 Å². The molecule has 1 rings (SSSR count). The van der Waals surface area contributed by atoms with Crippen LogP contribution in [-0.4, -0.2) is 23.0 Å². The Hall–Kier alpha value is -0.940. The van der Waals surface area contributed by atoms with Crippen molar-refractivity contribution < 1.29 is 4.79 Å². The van der Waals surface area contributed by atoms with E-state index in [0.717, 1.165) is 10.7 Å². The van der Waals surface area contributed by atoms with Gasteiger partial charge in [0.2, 0.25) is 5.91 Å². The highest BCUT2D eigenvalue weighted by Crippen LogP contribution is 2.25. The quantitative estimate of drug-likeness (QED) is 0.876. The van der Waals surface area contributed by atoms with E-state index in [1.54, 1.807) is 11.3 Å². The van der Waals surface area contributed by atoms with Gasteiger partial charge in [-0.1, -0.05) is 20.8 Å². The second-order valence-electron chi connectivity index (χ2n) is 6.34. The fraction of sp³-hybridized carbons (Fsp3) is 0.692. The van der Waals surface area contributed by atoms with Gasteiger partial charge in [-0.2, -0.15) is 0 Å². The highest BCUT2D eigenvalue weighted by Gasteiger charge is 2.19. The smallest absolute Gasteiger partial charge is 0.226 e. The molecule has 102 valence electrons. The van der Waals surface area contributed by atoms with Crippen LogP contribution in [0.15, 0.2) is 5.38 Å². The van der Waals surface area contributed by atoms with Crippen molar-refractivity contribution >= 4 is 17.2 Å². The van der Waals surface area contributed by atoms with E-state index in [1.165, 1.54) is 0 Å². The standard InChI is InChI=1S/C13H23N3OS/c1-12(2,3)11-16-9(7-18-11)6-10(17)15-8-13(4,5)14/h7H,6,8,14H2,1-5H3,(H,15,17). The molecule has 0 spiro atoms. The average molecular weight is 269 g/mol. The Balaban J connectivity index is 2.53. The fourth-order valence-corrected chi connectivity index (χ4v) is 2.19. The number of amides is 1. The summed E-state index contributed by atoms with van der Waals surface area (Å²) in [6.45, 7) is 10.6. The van der Waals surface area contributed by atoms with E-state index in [1.807, 2.05) is 19.2 Å². The fourth-order valence-electron chi connectivity index (χ4n) is 1.29. The minimum atomic E-state index is -0.381. The molecule has 0 unspecified atom stereocenters. The molecule has 0 radical (unpaired) electrons. The number of rotatable bonds is 4. The van der Waals surface area contributed by atoms with Crippen LogP contribution in [0.5, 0.6) is 0 Å². The number of hydrogen-bond donors (Lipinski definition) is 2. The van der Waals surface area contributed by atoms with Crippen molar-refractivity contribution in [2.75, 3.05) is 6.54 Å². The molecule has 0 atom stereocenters. The molecule has 0 aromatic carbocycles. The zero-order chi connectivity index (χ0) is 14.0. The molecule has 1 amide bonds. The second kappa shape index (κ2) is 5.36. The van der Waals surface area contributed by atoms with Crippen LogP contribution in [0.2, 0.25) is 0 Å². The molecule has 1 aromatic heterocycles. The number of nitrogens with zero attached hydrogens (tertiary/aromatic N) is 1. The van der Waals surface area contributed by atoms with E-state index in [-0.39, 0.29) is 16.9 Å². The largest absolute Gasteiger partial charge is 0.354 e. The summed E-state index contributed by atoms with van der Waals surface area (Å²) in [6, 6.07) is 0. The molecule has 0 aliphatic heterocycles. The van der Waals surface area contributed by atoms with Crippen LogP contribution in [0.3, 0.4) is 0 Å². The zero-order valence-corrected chi connectivity index (χ0v) is 12.6. The van der Waals surface area contributed by atoms with Crippen LogP contribution in [0.4, 0.5) is 0 Å². The van der Waals surface area contributed by atoms with Gasteiger partial charge in [0.15, 0.2) is 0 Å². The highest BCUT2D eigenvalue weighted by atomic mass is 32.1. The van der Waals surface area contributed by atoms with Gasteiger partial charge in [-0.15, -0.1) is 11.3 Å². The molecular weight excluding hydrogens is 246 g/mol. The monoisotopic (exact) mass is 269 g/mol. The summed E-state index contributed by atoms with van der Waals surface area (Å²) < 4.78 is 0. The van der Waals surface area contributed by atoms with Crippen LogP contribution in [0, 0.1) is 0 Å². The Morgan fingerprint density at radius 1 is 1.39 bits per heavy atom. The third-order valence-corrected chi connectivity index (χ3v) is 3.59. The van der Waals surface area contributed by atoms with Crippen molar-refractivity contribution in [2.24, 2.45) is 5.73 Å². The minimum absolute atomic E-state index is 0.0284. The Labute approximate surface area is 113 Å². The molecule has 18 heavy (non-hydrogen) atoms. The van der Waals surface area contributed by atoms with E-state index in [2.05, 4.69) is 31.1 Å². The maximum absolute atomic E-state index is 11.7. The Kier molecular flexibility index (Phi) is 4.50. The van der Waals surface area contributed by atoms with Crippen molar-refractivity contribution in [1.82, 2.24) is 10.3 Å². The first-order valence-electron chi connectivity index (χ1n) is 6.08. The van der Waals surface area contributed by atoms with Gasteiger partial charge in [-0.05, 0) is 13.8 Å². The van der Waals surface area contributed by atoms with Crippen LogP contribution < -0.4 is 11.1 Å². The highest BCUT2D eigenvalue weighted by molar-refractivity contribution is 7.09. The van der Waals surface area contributed by atoms with E-state index < -0.39 is 0 Å². The molecule has 0 aliphatic rings. The Bertz CT molecular complexity index is 413. The molecule has 0 fully saturated rings. The van der Waals surface area contributed by atoms with Crippen LogP contribution in [-0.2, 0) is 16.6 Å². The second-order valence-corrected chi connectivity index (χ2v) is 7.19. The molecule has 0 saturated carbocycles. The van der Waals surface area contributed by atoms with Gasteiger partial charge >= 0.3 is 0 Å². The summed E-state index contributed by atoms with van der Waals surface area (Å²) in [5.41, 5.74) is 6.30. The average Bonchev–Trinajstić information content (AvgIpc) is 2.61. The van der Waals surface area contributed by atoms with Gasteiger partial charge in [0.05, 0.1) is 17.1 Å². The lowest BCUT2D eigenvalue weighted by Gasteiger charge is -2.18. The van der Waals surface area contributed by atoms with E-state index in [9.17, 15) is 4.79 Å². The van der Waals surface area contributed by atoms with Crippen LogP contribution in [0.25, 0.3) is 0 Å². The topological polar surface area (TPSA) is 68.0 Å². The number of carbonyl (C=O) groups is 1. The van der Waals surface area contributed by atoms with E-state index in [4.69, 9.17) is 5.73 Å². The number of thiazole rings is 1. The van der Waals surface area contributed by atoms with Crippen LogP contribution >= 0.6 is 11.3 Å². The lowest BCUT2D eigenvalue weighted by Crippen LogP contribution is -2.45. The summed E-state index contributed by atoms with van der Waals surface area (Å²) >= 11 is 1.61. The van der Waals surface area contributed by atoms with Gasteiger partial charge in [0, 0.05) is 22.9 Å². The summed E-state index contributed by atoms with van der Waals surface area (Å²) in [7, 11) is 0. The van der Waals surface area contributed by atoms with Gasteiger partial charge < -0.3 is 11.1 Å². The third kappa shape index (κ3) is 5.14. The van der Waals surface area contributed by atoms with Gasteiger partial charge in [0.25, 0.3) is 0 Å². The lowest BCUT2D eigenvalue weighted by molar-refractivity contribution is -0.120. The Morgan fingerprint density at radius 2 is 2.00 bits per heavy atom. The summed E-state index contributed by atoms with van der Waals surface area (Å²) in [4.78, 5) is 16.2. The van der Waals surface area contributed by atoms with Gasteiger partial charge in [-0.3, -0.25) is 4.79 Å².